The number of hydrogen-bond donors (Lipinski definition) is 1. The van der Waals surface area contributed by atoms with Crippen molar-refractivity contribution in [1.82, 2.24) is 0 Å². The third-order valence-electron chi connectivity index (χ3n) is 4.83. The van der Waals surface area contributed by atoms with Gasteiger partial charge in [-0.3, -0.25) is 4.57 Å². The lowest BCUT2D eigenvalue weighted by Crippen LogP contribution is -2.22. The van der Waals surface area contributed by atoms with Crippen LogP contribution >= 0.6 is 7.37 Å². The highest BCUT2D eigenvalue weighted by atomic mass is 31.2. The molecule has 0 saturated carbocycles. The number of benzene rings is 3. The Bertz CT molecular complexity index is 994. The van der Waals surface area contributed by atoms with Gasteiger partial charge in [0.25, 0.3) is 7.37 Å². The van der Waals surface area contributed by atoms with Gasteiger partial charge >= 0.3 is 0 Å². The summed E-state index contributed by atoms with van der Waals surface area (Å²) >= 11 is 0. The predicted octanol–water partition coefficient (Wildman–Crippen LogP) is 6.03. The van der Waals surface area contributed by atoms with E-state index in [1.165, 1.54) is 6.07 Å². The zero-order valence-electron chi connectivity index (χ0n) is 17.6. The molecule has 0 fully saturated rings. The van der Waals surface area contributed by atoms with Gasteiger partial charge in [0, 0.05) is 36.3 Å². The molecule has 4 nitrogen and oxygen atoms in total. The summed E-state index contributed by atoms with van der Waals surface area (Å²) in [5.74, 6) is -1.28. The molecule has 2 atom stereocenters. The van der Waals surface area contributed by atoms with Crippen molar-refractivity contribution in [1.29, 1.82) is 0 Å². The first kappa shape index (κ1) is 22.1. The van der Waals surface area contributed by atoms with E-state index in [2.05, 4.69) is 5.32 Å². The predicted molar refractivity (Wildman–Crippen MR) is 123 cm³/mol. The monoisotopic (exact) mass is 426 g/mol. The number of para-hydroxylation sites is 1. The minimum atomic E-state index is -3.53. The van der Waals surface area contributed by atoms with Crippen molar-refractivity contribution in [3.63, 3.8) is 0 Å². The summed E-state index contributed by atoms with van der Waals surface area (Å²) in [6.07, 6.45) is 0.703. The molecule has 0 aliphatic heterocycles. The number of rotatable bonds is 9. The molecular formula is C24H28FN2O2P. The van der Waals surface area contributed by atoms with Crippen molar-refractivity contribution in [2.75, 3.05) is 30.9 Å². The summed E-state index contributed by atoms with van der Waals surface area (Å²) in [6.45, 7) is 2.27. The second-order valence-electron chi connectivity index (χ2n) is 7.28. The van der Waals surface area contributed by atoms with Crippen molar-refractivity contribution < 1.29 is 13.5 Å². The van der Waals surface area contributed by atoms with E-state index in [0.717, 1.165) is 11.4 Å². The van der Waals surface area contributed by atoms with E-state index >= 15 is 0 Å². The van der Waals surface area contributed by atoms with Crippen molar-refractivity contribution in [3.05, 3.63) is 90.2 Å². The Morgan fingerprint density at radius 1 is 0.967 bits per heavy atom. The van der Waals surface area contributed by atoms with Gasteiger partial charge in [0.2, 0.25) is 0 Å². The van der Waals surface area contributed by atoms with Crippen LogP contribution in [0.1, 0.15) is 24.7 Å². The normalized spacial score (nSPS) is 14.0. The van der Waals surface area contributed by atoms with Gasteiger partial charge in [-0.1, -0.05) is 43.3 Å². The fourth-order valence-electron chi connectivity index (χ4n) is 3.22. The topological polar surface area (TPSA) is 41.6 Å². The SMILES string of the molecule is CCCO[P@](=O)(c1ccc(N(C)C)cc1)[C@@H](Nc1ccccc1)c1ccccc1F. The van der Waals surface area contributed by atoms with Crippen LogP contribution in [0.15, 0.2) is 78.9 Å². The van der Waals surface area contributed by atoms with Crippen molar-refractivity contribution in [2.45, 2.75) is 19.1 Å². The van der Waals surface area contributed by atoms with Crippen molar-refractivity contribution in [3.8, 4) is 0 Å². The van der Waals surface area contributed by atoms with E-state index < -0.39 is 19.0 Å². The van der Waals surface area contributed by atoms with Gasteiger partial charge in [-0.25, -0.2) is 4.39 Å². The quantitative estimate of drug-likeness (QED) is 0.424. The highest BCUT2D eigenvalue weighted by Crippen LogP contribution is 2.59. The van der Waals surface area contributed by atoms with Crippen LogP contribution in [0.4, 0.5) is 15.8 Å². The molecule has 3 aromatic carbocycles. The molecular weight excluding hydrogens is 398 g/mol. The molecule has 0 aliphatic carbocycles. The molecule has 30 heavy (non-hydrogen) atoms. The molecule has 3 rings (SSSR count). The molecule has 0 amide bonds. The van der Waals surface area contributed by atoms with E-state index in [1.54, 1.807) is 18.2 Å². The summed E-state index contributed by atoms with van der Waals surface area (Å²) in [7, 11) is 0.359. The third kappa shape index (κ3) is 4.92. The Hall–Kier alpha value is -2.62. The Morgan fingerprint density at radius 2 is 1.60 bits per heavy atom. The molecule has 0 radical (unpaired) electrons. The van der Waals surface area contributed by atoms with Gasteiger partial charge < -0.3 is 14.7 Å². The Morgan fingerprint density at radius 3 is 2.20 bits per heavy atom. The zero-order valence-corrected chi connectivity index (χ0v) is 18.5. The first-order valence-corrected chi connectivity index (χ1v) is 11.7. The van der Waals surface area contributed by atoms with Gasteiger partial charge in [-0.15, -0.1) is 0 Å². The second-order valence-corrected chi connectivity index (χ2v) is 9.76. The lowest BCUT2D eigenvalue weighted by atomic mass is 10.2. The molecule has 6 heteroatoms. The van der Waals surface area contributed by atoms with Crippen LogP contribution in [0.25, 0.3) is 0 Å². The largest absolute Gasteiger partial charge is 0.378 e. The molecule has 3 aromatic rings. The minimum Gasteiger partial charge on any atom is -0.378 e. The molecule has 0 aromatic heterocycles. The van der Waals surface area contributed by atoms with Crippen molar-refractivity contribution >= 4 is 24.0 Å². The van der Waals surface area contributed by atoms with E-state index in [9.17, 15) is 8.96 Å². The summed E-state index contributed by atoms with van der Waals surface area (Å²) < 4.78 is 35.3. The van der Waals surface area contributed by atoms with Crippen LogP contribution < -0.4 is 15.5 Å². The molecule has 0 heterocycles. The Balaban J connectivity index is 2.13. The van der Waals surface area contributed by atoms with Gasteiger partial charge in [0.15, 0.2) is 0 Å². The van der Waals surface area contributed by atoms with Crippen LogP contribution in [0.5, 0.6) is 0 Å². The first-order chi connectivity index (χ1) is 14.5. The highest BCUT2D eigenvalue weighted by Gasteiger charge is 2.39. The smallest absolute Gasteiger partial charge is 0.258 e. The zero-order chi connectivity index (χ0) is 21.6. The van der Waals surface area contributed by atoms with Crippen LogP contribution in [0.3, 0.4) is 0 Å². The summed E-state index contributed by atoms with van der Waals surface area (Å²) in [4.78, 5) is 1.97. The standard InChI is InChI=1S/C24H28FN2O2P/c1-4-18-29-30(28,21-16-14-20(15-17-21)27(2)3)24(22-12-8-9-13-23(22)25)26-19-10-6-5-7-11-19/h5-17,24,26H,4,18H2,1-3H3/t24-,30-/m1/s1. The summed E-state index contributed by atoms with van der Waals surface area (Å²) in [5.41, 5.74) is 2.05. The number of halogens is 1. The highest BCUT2D eigenvalue weighted by molar-refractivity contribution is 7.67. The molecule has 0 unspecified atom stereocenters. The maximum atomic E-state index is 14.9. The maximum Gasteiger partial charge on any atom is 0.258 e. The molecule has 0 saturated heterocycles. The van der Waals surface area contributed by atoms with Gasteiger partial charge in [0.1, 0.15) is 11.6 Å². The minimum absolute atomic E-state index is 0.314. The van der Waals surface area contributed by atoms with Crippen LogP contribution in [0.2, 0.25) is 0 Å². The number of anilines is 2. The fourth-order valence-corrected chi connectivity index (χ4v) is 5.73. The lowest BCUT2D eigenvalue weighted by Gasteiger charge is -2.30. The maximum absolute atomic E-state index is 14.9. The van der Waals surface area contributed by atoms with E-state index in [1.807, 2.05) is 80.5 Å². The van der Waals surface area contributed by atoms with E-state index in [-0.39, 0.29) is 0 Å². The lowest BCUT2D eigenvalue weighted by molar-refractivity contribution is 0.314. The van der Waals surface area contributed by atoms with Crippen molar-refractivity contribution in [2.24, 2.45) is 0 Å². The van der Waals surface area contributed by atoms with Gasteiger partial charge in [-0.2, -0.15) is 0 Å². The molecule has 158 valence electrons. The Labute approximate surface area is 178 Å². The second kappa shape index (κ2) is 9.92. The van der Waals surface area contributed by atoms with Gasteiger partial charge in [0.05, 0.1) is 6.61 Å². The molecule has 0 aliphatic rings. The van der Waals surface area contributed by atoms with E-state index in [0.29, 0.717) is 23.9 Å². The van der Waals surface area contributed by atoms with Crippen LogP contribution in [-0.4, -0.2) is 20.7 Å². The number of nitrogens with zero attached hydrogens (tertiary/aromatic N) is 1. The molecule has 1 N–H and O–H groups in total. The average molecular weight is 426 g/mol. The molecule has 0 spiro atoms. The fraction of sp³-hybridized carbons (Fsp3) is 0.250. The number of nitrogens with one attached hydrogen (secondary N) is 1. The number of hydrogen-bond acceptors (Lipinski definition) is 4. The summed E-state index contributed by atoms with van der Waals surface area (Å²) in [5, 5.41) is 3.84. The van der Waals surface area contributed by atoms with Crippen LogP contribution in [0, 0.1) is 5.82 Å². The summed E-state index contributed by atoms with van der Waals surface area (Å²) in [6, 6.07) is 23.2. The average Bonchev–Trinajstić information content (AvgIpc) is 2.77. The third-order valence-corrected chi connectivity index (χ3v) is 7.50. The van der Waals surface area contributed by atoms with Gasteiger partial charge in [-0.05, 0) is 48.9 Å². The molecule has 0 bridgehead atoms. The van der Waals surface area contributed by atoms with Crippen LogP contribution in [-0.2, 0) is 9.09 Å². The first-order valence-electron chi connectivity index (χ1n) is 10.0. The Kier molecular flexibility index (Phi) is 7.30. The van der Waals surface area contributed by atoms with E-state index in [4.69, 9.17) is 4.52 Å².